The van der Waals surface area contributed by atoms with Crippen LogP contribution >= 0.6 is 0 Å². The molecule has 2 aliphatic heterocycles. The number of pyridine rings is 1. The van der Waals surface area contributed by atoms with Crippen LogP contribution in [0.25, 0.3) is 0 Å². The Labute approximate surface area is 210 Å². The lowest BCUT2D eigenvalue weighted by Crippen LogP contribution is -2.41. The van der Waals surface area contributed by atoms with Crippen LogP contribution in [0, 0.1) is 11.8 Å². The third kappa shape index (κ3) is 8.61. The molecule has 0 spiro atoms. The highest BCUT2D eigenvalue weighted by Crippen LogP contribution is 2.40. The van der Waals surface area contributed by atoms with Crippen LogP contribution in [0.1, 0.15) is 75.3 Å². The summed E-state index contributed by atoms with van der Waals surface area (Å²) in [7, 11) is 1.70. The SMILES string of the molecule is C/C=C(/C)N=C(OC)C1CCCNC1.CC(C)CNC(=O)c1ncc(C2CC2)cc1NC1COC1. The number of carbonyl (C=O) groups excluding carboxylic acids is 1. The smallest absolute Gasteiger partial charge is 0.272 e. The first-order chi connectivity index (χ1) is 16.9. The molecule has 3 N–H and O–H groups in total. The van der Waals surface area contributed by atoms with E-state index in [2.05, 4.69) is 45.8 Å². The molecule has 194 valence electrons. The first-order valence-electron chi connectivity index (χ1n) is 13.0. The minimum atomic E-state index is -0.103. The second-order valence-corrected chi connectivity index (χ2v) is 10.0. The van der Waals surface area contributed by atoms with Crippen LogP contribution < -0.4 is 16.0 Å². The van der Waals surface area contributed by atoms with E-state index in [0.717, 1.165) is 30.4 Å². The summed E-state index contributed by atoms with van der Waals surface area (Å²) >= 11 is 0. The maximum atomic E-state index is 12.3. The largest absolute Gasteiger partial charge is 0.484 e. The maximum absolute atomic E-state index is 12.3. The van der Waals surface area contributed by atoms with Crippen LogP contribution in [0.3, 0.4) is 0 Å². The van der Waals surface area contributed by atoms with Gasteiger partial charge in [-0.3, -0.25) is 4.79 Å². The van der Waals surface area contributed by atoms with Gasteiger partial charge >= 0.3 is 0 Å². The van der Waals surface area contributed by atoms with E-state index in [1.807, 2.05) is 26.1 Å². The monoisotopic (exact) mass is 485 g/mol. The van der Waals surface area contributed by atoms with Crippen molar-refractivity contribution in [3.05, 3.63) is 35.3 Å². The average Bonchev–Trinajstić information content (AvgIpc) is 3.69. The van der Waals surface area contributed by atoms with E-state index >= 15 is 0 Å². The highest BCUT2D eigenvalue weighted by Gasteiger charge is 2.27. The Balaban J connectivity index is 0.000000214. The lowest BCUT2D eigenvalue weighted by Gasteiger charge is -2.28. The molecule has 3 heterocycles. The molecule has 0 bridgehead atoms. The van der Waals surface area contributed by atoms with Crippen molar-refractivity contribution in [3.8, 4) is 0 Å². The first-order valence-corrected chi connectivity index (χ1v) is 13.0. The number of ether oxygens (including phenoxy) is 2. The van der Waals surface area contributed by atoms with E-state index in [1.165, 1.54) is 31.2 Å². The highest BCUT2D eigenvalue weighted by molar-refractivity contribution is 5.97. The number of piperidine rings is 1. The van der Waals surface area contributed by atoms with Gasteiger partial charge in [-0.15, -0.1) is 0 Å². The Bertz CT molecular complexity index is 885. The van der Waals surface area contributed by atoms with Crippen LogP contribution in [0.2, 0.25) is 0 Å². The number of hydrogen-bond donors (Lipinski definition) is 3. The third-order valence-electron chi connectivity index (χ3n) is 6.40. The molecule has 3 fully saturated rings. The normalized spacial score (nSPS) is 21.0. The summed E-state index contributed by atoms with van der Waals surface area (Å²) in [5, 5.41) is 9.69. The zero-order valence-electron chi connectivity index (χ0n) is 22.0. The summed E-state index contributed by atoms with van der Waals surface area (Å²) in [5.74, 6) is 2.27. The molecule has 0 aromatic carbocycles. The quantitative estimate of drug-likeness (QED) is 0.379. The lowest BCUT2D eigenvalue weighted by atomic mass is 9.99. The van der Waals surface area contributed by atoms with Crippen molar-refractivity contribution >= 4 is 17.5 Å². The van der Waals surface area contributed by atoms with E-state index in [9.17, 15) is 4.79 Å². The number of carbonyl (C=O) groups is 1. The standard InChI is InChI=1S/C16H23N3O2.C11H20N2O/c1-10(2)6-18-16(20)15-14(19-13-8-21-9-13)5-12(7-17-15)11-3-4-11;1-4-9(2)13-11(14-3)10-6-5-7-12-8-10/h5,7,10-11,13,19H,3-4,6,8-9H2,1-2H3,(H,18,20);4,10,12H,5-8H2,1-3H3/b;9-4-,13-11?. The Morgan fingerprint density at radius 1 is 1.34 bits per heavy atom. The molecule has 0 radical (unpaired) electrons. The number of amides is 1. The molecule has 1 saturated carbocycles. The number of methoxy groups -OCH3 is 1. The van der Waals surface area contributed by atoms with Gasteiger partial charge in [-0.05, 0) is 69.5 Å². The topological polar surface area (TPSA) is 96.9 Å². The number of rotatable bonds is 8. The molecule has 1 atom stereocenters. The number of anilines is 1. The number of allylic oxidation sites excluding steroid dienone is 2. The molecule has 1 unspecified atom stereocenters. The highest BCUT2D eigenvalue weighted by atomic mass is 16.5. The lowest BCUT2D eigenvalue weighted by molar-refractivity contribution is 0.0210. The summed E-state index contributed by atoms with van der Waals surface area (Å²) in [6.45, 7) is 12.3. The van der Waals surface area contributed by atoms with Crippen molar-refractivity contribution in [1.29, 1.82) is 0 Å². The number of aromatic nitrogens is 1. The van der Waals surface area contributed by atoms with Gasteiger partial charge in [-0.2, -0.15) is 0 Å². The van der Waals surface area contributed by atoms with E-state index in [4.69, 9.17) is 9.47 Å². The summed E-state index contributed by atoms with van der Waals surface area (Å²) in [6.07, 6.45) is 8.69. The van der Waals surface area contributed by atoms with Gasteiger partial charge in [0.05, 0.1) is 32.1 Å². The fourth-order valence-electron chi connectivity index (χ4n) is 3.94. The van der Waals surface area contributed by atoms with Crippen molar-refractivity contribution < 1.29 is 14.3 Å². The Kier molecular flexibility index (Phi) is 10.5. The molecule has 35 heavy (non-hydrogen) atoms. The Morgan fingerprint density at radius 3 is 2.66 bits per heavy atom. The van der Waals surface area contributed by atoms with Crippen molar-refractivity contribution in [2.45, 2.75) is 65.3 Å². The van der Waals surface area contributed by atoms with Gasteiger partial charge < -0.3 is 25.4 Å². The third-order valence-corrected chi connectivity index (χ3v) is 6.40. The zero-order chi connectivity index (χ0) is 25.2. The molecule has 1 aromatic rings. The number of hydrogen-bond acceptors (Lipinski definition) is 7. The molecular formula is C27H43N5O3. The van der Waals surface area contributed by atoms with Gasteiger partial charge in [0.1, 0.15) is 0 Å². The van der Waals surface area contributed by atoms with Gasteiger partial charge in [0.2, 0.25) is 0 Å². The molecule has 8 heteroatoms. The molecule has 1 amide bonds. The van der Waals surface area contributed by atoms with E-state index in [-0.39, 0.29) is 11.9 Å². The zero-order valence-corrected chi connectivity index (χ0v) is 22.0. The molecule has 1 aliphatic carbocycles. The van der Waals surface area contributed by atoms with Crippen LogP contribution in [-0.2, 0) is 9.47 Å². The second kappa shape index (κ2) is 13.6. The van der Waals surface area contributed by atoms with E-state index < -0.39 is 0 Å². The van der Waals surface area contributed by atoms with Crippen molar-refractivity contribution in [3.63, 3.8) is 0 Å². The minimum absolute atomic E-state index is 0.103. The minimum Gasteiger partial charge on any atom is -0.484 e. The van der Waals surface area contributed by atoms with Gasteiger partial charge in [-0.25, -0.2) is 9.98 Å². The Hall–Kier alpha value is -2.45. The molecule has 8 nitrogen and oxygen atoms in total. The van der Waals surface area contributed by atoms with Crippen molar-refractivity contribution in [2.24, 2.45) is 16.8 Å². The molecule has 3 aliphatic rings. The second-order valence-electron chi connectivity index (χ2n) is 10.0. The van der Waals surface area contributed by atoms with E-state index in [1.54, 1.807) is 7.11 Å². The van der Waals surface area contributed by atoms with Crippen LogP contribution in [0.4, 0.5) is 5.69 Å². The number of aliphatic imine (C=N–C) groups is 1. The predicted octanol–water partition coefficient (Wildman–Crippen LogP) is 4.11. The first kappa shape index (κ1) is 27.1. The van der Waals surface area contributed by atoms with Gasteiger partial charge in [0, 0.05) is 30.9 Å². The maximum Gasteiger partial charge on any atom is 0.272 e. The van der Waals surface area contributed by atoms with Crippen LogP contribution in [0.5, 0.6) is 0 Å². The molecule has 4 rings (SSSR count). The summed E-state index contributed by atoms with van der Waals surface area (Å²) < 4.78 is 10.5. The van der Waals surface area contributed by atoms with Gasteiger partial charge in [-0.1, -0.05) is 19.9 Å². The summed E-state index contributed by atoms with van der Waals surface area (Å²) in [6, 6.07) is 2.38. The fourth-order valence-corrected chi connectivity index (χ4v) is 3.94. The van der Waals surface area contributed by atoms with E-state index in [0.29, 0.717) is 43.2 Å². The fraction of sp³-hybridized carbons (Fsp3) is 0.667. The van der Waals surface area contributed by atoms with Crippen LogP contribution in [-0.4, -0.2) is 62.8 Å². The van der Waals surface area contributed by atoms with Gasteiger partial charge in [0.15, 0.2) is 11.6 Å². The predicted molar refractivity (Wildman–Crippen MR) is 141 cm³/mol. The summed E-state index contributed by atoms with van der Waals surface area (Å²) in [4.78, 5) is 21.2. The number of nitrogens with one attached hydrogen (secondary N) is 3. The van der Waals surface area contributed by atoms with Crippen molar-refractivity contribution in [2.75, 3.05) is 45.3 Å². The molecular weight excluding hydrogens is 442 g/mol. The molecule has 2 saturated heterocycles. The summed E-state index contributed by atoms with van der Waals surface area (Å²) in [5.41, 5.74) is 3.59. The van der Waals surface area contributed by atoms with Crippen LogP contribution in [0.15, 0.2) is 29.0 Å². The Morgan fingerprint density at radius 2 is 2.11 bits per heavy atom. The number of nitrogens with zero attached hydrogens (tertiary/aromatic N) is 2. The van der Waals surface area contributed by atoms with Gasteiger partial charge in [0.25, 0.3) is 5.91 Å². The van der Waals surface area contributed by atoms with Crippen molar-refractivity contribution in [1.82, 2.24) is 15.6 Å². The average molecular weight is 486 g/mol. The molecule has 1 aromatic heterocycles.